The lowest BCUT2D eigenvalue weighted by Gasteiger charge is -2.37. The van der Waals surface area contributed by atoms with Gasteiger partial charge in [-0.1, -0.05) is 17.7 Å². The van der Waals surface area contributed by atoms with Gasteiger partial charge in [0.25, 0.3) is 0 Å². The van der Waals surface area contributed by atoms with Crippen molar-refractivity contribution < 1.29 is 17.9 Å². The van der Waals surface area contributed by atoms with E-state index in [9.17, 15) is 13.2 Å². The second-order valence-electron chi connectivity index (χ2n) is 7.50. The lowest BCUT2D eigenvalue weighted by atomic mass is 9.95. The molecular weight excluding hydrogens is 364 g/mol. The van der Waals surface area contributed by atoms with Crippen molar-refractivity contribution in [3.8, 4) is 0 Å². The molecule has 2 heterocycles. The number of aryl methyl sites for hydroxylation is 1. The molecule has 2 fully saturated rings. The van der Waals surface area contributed by atoms with Crippen molar-refractivity contribution in [2.24, 2.45) is 5.92 Å². The number of carbonyl (C=O) groups excluding carboxylic acids is 1. The molecule has 0 spiro atoms. The van der Waals surface area contributed by atoms with E-state index in [-0.39, 0.29) is 17.9 Å². The van der Waals surface area contributed by atoms with Gasteiger partial charge < -0.3 is 9.64 Å². The Kier molecular flexibility index (Phi) is 6.55. The van der Waals surface area contributed by atoms with Crippen LogP contribution in [0.4, 0.5) is 0 Å². The SMILES string of the molecule is CCOC1CCCN(C(=O)C2CCN(S(=O)(=O)c3ccc(C)cc3)CC2)C1. The topological polar surface area (TPSA) is 66.9 Å². The second kappa shape index (κ2) is 8.71. The number of amides is 1. The first kappa shape index (κ1) is 20.3. The van der Waals surface area contributed by atoms with Crippen LogP contribution in [0.15, 0.2) is 29.2 Å². The Morgan fingerprint density at radius 1 is 1.11 bits per heavy atom. The molecule has 0 bridgehead atoms. The number of likely N-dealkylation sites (tertiary alicyclic amines) is 1. The fourth-order valence-electron chi connectivity index (χ4n) is 3.97. The molecule has 1 aromatic carbocycles. The van der Waals surface area contributed by atoms with Gasteiger partial charge >= 0.3 is 0 Å². The zero-order valence-electron chi connectivity index (χ0n) is 16.3. The van der Waals surface area contributed by atoms with Crippen LogP contribution in [0.2, 0.25) is 0 Å². The number of sulfonamides is 1. The largest absolute Gasteiger partial charge is 0.377 e. The van der Waals surface area contributed by atoms with Gasteiger partial charge in [0.1, 0.15) is 0 Å². The van der Waals surface area contributed by atoms with Crippen LogP contribution in [0.5, 0.6) is 0 Å². The van der Waals surface area contributed by atoms with Crippen molar-refractivity contribution in [3.63, 3.8) is 0 Å². The van der Waals surface area contributed by atoms with E-state index in [0.29, 0.717) is 44.0 Å². The molecule has 1 atom stereocenters. The number of ether oxygens (including phenoxy) is 1. The number of piperidine rings is 2. The maximum absolute atomic E-state index is 12.9. The van der Waals surface area contributed by atoms with Crippen molar-refractivity contribution in [2.45, 2.75) is 50.5 Å². The van der Waals surface area contributed by atoms with Gasteiger partial charge in [0.05, 0.1) is 11.0 Å². The summed E-state index contributed by atoms with van der Waals surface area (Å²) in [5.74, 6) is 0.0710. The summed E-state index contributed by atoms with van der Waals surface area (Å²) in [7, 11) is -3.48. The minimum absolute atomic E-state index is 0.0881. The summed E-state index contributed by atoms with van der Waals surface area (Å²) >= 11 is 0. The third kappa shape index (κ3) is 4.70. The number of benzene rings is 1. The molecule has 0 radical (unpaired) electrons. The first-order valence-corrected chi connectivity index (χ1v) is 11.3. The van der Waals surface area contributed by atoms with Gasteiger partial charge in [0, 0.05) is 38.7 Å². The lowest BCUT2D eigenvalue weighted by molar-refractivity contribution is -0.140. The number of hydrogen-bond donors (Lipinski definition) is 0. The quantitative estimate of drug-likeness (QED) is 0.769. The van der Waals surface area contributed by atoms with Gasteiger partial charge in [-0.05, 0) is 51.7 Å². The van der Waals surface area contributed by atoms with Gasteiger partial charge in [0.2, 0.25) is 15.9 Å². The maximum atomic E-state index is 12.9. The Labute approximate surface area is 162 Å². The molecular formula is C20H30N2O4S. The highest BCUT2D eigenvalue weighted by atomic mass is 32.2. The van der Waals surface area contributed by atoms with E-state index in [0.717, 1.165) is 24.9 Å². The summed E-state index contributed by atoms with van der Waals surface area (Å²) < 4.78 is 32.8. The van der Waals surface area contributed by atoms with Gasteiger partial charge in [0.15, 0.2) is 0 Å². The molecule has 0 N–H and O–H groups in total. The number of rotatable bonds is 5. The lowest BCUT2D eigenvalue weighted by Crippen LogP contribution is -2.48. The average molecular weight is 395 g/mol. The van der Waals surface area contributed by atoms with Crippen LogP contribution in [-0.2, 0) is 19.6 Å². The highest BCUT2D eigenvalue weighted by molar-refractivity contribution is 7.89. The monoisotopic (exact) mass is 394 g/mol. The molecule has 2 aliphatic rings. The molecule has 7 heteroatoms. The fourth-order valence-corrected chi connectivity index (χ4v) is 5.44. The highest BCUT2D eigenvalue weighted by Gasteiger charge is 2.35. The minimum atomic E-state index is -3.48. The highest BCUT2D eigenvalue weighted by Crippen LogP contribution is 2.26. The van der Waals surface area contributed by atoms with Gasteiger partial charge in [-0.15, -0.1) is 0 Å². The molecule has 2 saturated heterocycles. The predicted octanol–water partition coefficient (Wildman–Crippen LogP) is 2.42. The van der Waals surface area contributed by atoms with Crippen LogP contribution in [-0.4, -0.2) is 62.4 Å². The smallest absolute Gasteiger partial charge is 0.243 e. The molecule has 1 aromatic rings. The van der Waals surface area contributed by atoms with Crippen LogP contribution in [0.25, 0.3) is 0 Å². The average Bonchev–Trinajstić information content (AvgIpc) is 2.68. The first-order valence-electron chi connectivity index (χ1n) is 9.89. The zero-order chi connectivity index (χ0) is 19.4. The summed E-state index contributed by atoms with van der Waals surface area (Å²) in [6.07, 6.45) is 3.27. The summed E-state index contributed by atoms with van der Waals surface area (Å²) in [4.78, 5) is 15.1. The van der Waals surface area contributed by atoms with Crippen LogP contribution in [0, 0.1) is 12.8 Å². The van der Waals surface area contributed by atoms with E-state index in [2.05, 4.69) is 0 Å². The number of carbonyl (C=O) groups is 1. The van der Waals surface area contributed by atoms with Crippen LogP contribution in [0.3, 0.4) is 0 Å². The molecule has 0 aromatic heterocycles. The van der Waals surface area contributed by atoms with Crippen LogP contribution in [0.1, 0.15) is 38.2 Å². The third-order valence-corrected chi connectivity index (χ3v) is 7.47. The Morgan fingerprint density at radius 2 is 1.78 bits per heavy atom. The standard InChI is InChI=1S/C20H30N2O4S/c1-3-26-18-5-4-12-21(15-18)20(23)17-10-13-22(14-11-17)27(24,25)19-8-6-16(2)7-9-19/h6-9,17-18H,3-5,10-15H2,1-2H3. The number of nitrogens with zero attached hydrogens (tertiary/aromatic N) is 2. The molecule has 1 unspecified atom stereocenters. The molecule has 27 heavy (non-hydrogen) atoms. The third-order valence-electron chi connectivity index (χ3n) is 5.55. The van der Waals surface area contributed by atoms with E-state index < -0.39 is 10.0 Å². The molecule has 3 rings (SSSR count). The molecule has 0 saturated carbocycles. The Balaban J connectivity index is 1.58. The Hall–Kier alpha value is -1.44. The first-order chi connectivity index (χ1) is 12.9. The van der Waals surface area contributed by atoms with Gasteiger partial charge in [-0.3, -0.25) is 4.79 Å². The summed E-state index contributed by atoms with van der Waals surface area (Å²) in [6.45, 7) is 6.82. The zero-order valence-corrected chi connectivity index (χ0v) is 17.1. The number of hydrogen-bond acceptors (Lipinski definition) is 4. The van der Waals surface area contributed by atoms with E-state index in [4.69, 9.17) is 4.74 Å². The van der Waals surface area contributed by atoms with Crippen molar-refractivity contribution >= 4 is 15.9 Å². The van der Waals surface area contributed by atoms with Crippen molar-refractivity contribution in [2.75, 3.05) is 32.8 Å². The van der Waals surface area contributed by atoms with E-state index >= 15 is 0 Å². The van der Waals surface area contributed by atoms with Crippen molar-refractivity contribution in [1.82, 2.24) is 9.21 Å². The van der Waals surface area contributed by atoms with Gasteiger partial charge in [-0.2, -0.15) is 4.31 Å². The fraction of sp³-hybridized carbons (Fsp3) is 0.650. The minimum Gasteiger partial charge on any atom is -0.377 e. The van der Waals surface area contributed by atoms with E-state index in [1.54, 1.807) is 12.1 Å². The Morgan fingerprint density at radius 3 is 2.41 bits per heavy atom. The summed E-state index contributed by atoms with van der Waals surface area (Å²) in [5.41, 5.74) is 1.03. The van der Waals surface area contributed by atoms with E-state index in [1.165, 1.54) is 4.31 Å². The maximum Gasteiger partial charge on any atom is 0.243 e. The predicted molar refractivity (Wildman–Crippen MR) is 104 cm³/mol. The van der Waals surface area contributed by atoms with Gasteiger partial charge in [-0.25, -0.2) is 8.42 Å². The summed E-state index contributed by atoms with van der Waals surface area (Å²) in [6, 6.07) is 6.94. The molecule has 1 amide bonds. The van der Waals surface area contributed by atoms with Crippen LogP contribution >= 0.6 is 0 Å². The normalized spacial score (nSPS) is 22.7. The molecule has 0 aliphatic carbocycles. The van der Waals surface area contributed by atoms with Crippen LogP contribution < -0.4 is 0 Å². The van der Waals surface area contributed by atoms with Crippen molar-refractivity contribution in [3.05, 3.63) is 29.8 Å². The molecule has 2 aliphatic heterocycles. The van der Waals surface area contributed by atoms with E-state index in [1.807, 2.05) is 30.9 Å². The second-order valence-corrected chi connectivity index (χ2v) is 9.43. The Bertz CT molecular complexity index is 738. The van der Waals surface area contributed by atoms with Crippen molar-refractivity contribution in [1.29, 1.82) is 0 Å². The summed E-state index contributed by atoms with van der Waals surface area (Å²) in [5, 5.41) is 0. The molecule has 6 nitrogen and oxygen atoms in total. The molecule has 150 valence electrons.